The Labute approximate surface area is 189 Å². The van der Waals surface area contributed by atoms with Crippen molar-refractivity contribution in [3.8, 4) is 5.75 Å². The molecule has 1 atom stereocenters. The highest BCUT2D eigenvalue weighted by atomic mass is 35.5. The molecule has 4 rings (SSSR count). The molecular weight excluding hydrogens is 439 g/mol. The van der Waals surface area contributed by atoms with Gasteiger partial charge in [0.2, 0.25) is 0 Å². The number of oxime groups is 1. The lowest BCUT2D eigenvalue weighted by molar-refractivity contribution is 0.0387. The molecule has 0 saturated carbocycles. The zero-order valence-corrected chi connectivity index (χ0v) is 18.3. The van der Waals surface area contributed by atoms with Crippen molar-refractivity contribution in [1.29, 1.82) is 0 Å². The van der Waals surface area contributed by atoms with Crippen LogP contribution in [0, 0.1) is 0 Å². The first-order valence-electron chi connectivity index (χ1n) is 9.67. The van der Waals surface area contributed by atoms with E-state index >= 15 is 0 Å². The molecular formula is C23H20Cl2N2O4. The van der Waals surface area contributed by atoms with Crippen LogP contribution in [0.2, 0.25) is 10.0 Å². The van der Waals surface area contributed by atoms with Crippen LogP contribution in [0.15, 0.2) is 70.4 Å². The van der Waals surface area contributed by atoms with E-state index < -0.39 is 0 Å². The summed E-state index contributed by atoms with van der Waals surface area (Å²) in [4.78, 5) is 20.4. The average molecular weight is 459 g/mol. The van der Waals surface area contributed by atoms with E-state index in [-0.39, 0.29) is 17.8 Å². The van der Waals surface area contributed by atoms with E-state index in [1.807, 2.05) is 30.3 Å². The summed E-state index contributed by atoms with van der Waals surface area (Å²) < 4.78 is 10.6. The molecule has 2 heterocycles. The lowest BCUT2D eigenvalue weighted by Gasteiger charge is -2.24. The first-order chi connectivity index (χ1) is 15.0. The van der Waals surface area contributed by atoms with Crippen LogP contribution < -0.4 is 4.74 Å². The van der Waals surface area contributed by atoms with Gasteiger partial charge in [-0.25, -0.2) is 0 Å². The molecule has 0 saturated heterocycles. The number of rotatable bonds is 7. The maximum Gasteiger partial charge on any atom is 0.289 e. The Balaban J connectivity index is 1.49. The van der Waals surface area contributed by atoms with Gasteiger partial charge in [0.1, 0.15) is 5.75 Å². The van der Waals surface area contributed by atoms with Gasteiger partial charge in [0.15, 0.2) is 11.9 Å². The fourth-order valence-electron chi connectivity index (χ4n) is 3.38. The number of benzene rings is 2. The predicted molar refractivity (Wildman–Crippen MR) is 119 cm³/mol. The molecule has 3 aromatic rings. The van der Waals surface area contributed by atoms with Crippen molar-refractivity contribution < 1.29 is 18.8 Å². The molecule has 160 valence electrons. The molecule has 0 N–H and O–H groups in total. The number of amides is 1. The lowest BCUT2D eigenvalue weighted by Crippen LogP contribution is -2.37. The van der Waals surface area contributed by atoms with Gasteiger partial charge in [-0.2, -0.15) is 0 Å². The monoisotopic (exact) mass is 458 g/mol. The van der Waals surface area contributed by atoms with Gasteiger partial charge in [-0.1, -0.05) is 46.6 Å². The topological polar surface area (TPSA) is 64.3 Å². The fourth-order valence-corrected chi connectivity index (χ4v) is 3.68. The Kier molecular flexibility index (Phi) is 6.49. The van der Waals surface area contributed by atoms with Gasteiger partial charge in [0, 0.05) is 18.5 Å². The number of halogens is 2. The minimum atomic E-state index is -0.297. The highest BCUT2D eigenvalue weighted by molar-refractivity contribution is 6.42. The maximum atomic E-state index is 13.1. The molecule has 0 bridgehead atoms. The summed E-state index contributed by atoms with van der Waals surface area (Å²) in [6, 6.07) is 16.3. The van der Waals surface area contributed by atoms with Gasteiger partial charge < -0.3 is 18.9 Å². The molecule has 31 heavy (non-hydrogen) atoms. The number of ether oxygens (including phenoxy) is 1. The zero-order valence-electron chi connectivity index (χ0n) is 16.8. The van der Waals surface area contributed by atoms with E-state index in [2.05, 4.69) is 5.16 Å². The first kappa shape index (κ1) is 21.3. The average Bonchev–Trinajstić information content (AvgIpc) is 3.47. The van der Waals surface area contributed by atoms with Crippen molar-refractivity contribution in [2.45, 2.75) is 19.1 Å². The summed E-state index contributed by atoms with van der Waals surface area (Å²) in [5.41, 5.74) is 2.53. The van der Waals surface area contributed by atoms with Crippen molar-refractivity contribution in [2.75, 3.05) is 13.7 Å². The number of nitrogens with zero attached hydrogens (tertiary/aromatic N) is 2. The SMILES string of the molecule is COc1cccc(CN(CC2CC(c3ccc(Cl)c(Cl)c3)=NO2)C(=O)c2ccco2)c1. The summed E-state index contributed by atoms with van der Waals surface area (Å²) >= 11 is 12.1. The molecule has 1 aromatic heterocycles. The van der Waals surface area contributed by atoms with E-state index in [4.69, 9.17) is 37.2 Å². The number of carbonyl (C=O) groups excluding carboxylic acids is 1. The molecule has 6 nitrogen and oxygen atoms in total. The Bertz CT molecular complexity index is 1100. The minimum Gasteiger partial charge on any atom is -0.497 e. The number of methoxy groups -OCH3 is 1. The third-order valence-electron chi connectivity index (χ3n) is 4.94. The van der Waals surface area contributed by atoms with E-state index in [0.717, 1.165) is 22.6 Å². The van der Waals surface area contributed by atoms with Gasteiger partial charge in [-0.05, 0) is 42.0 Å². The van der Waals surface area contributed by atoms with Crippen LogP contribution in [0.4, 0.5) is 0 Å². The van der Waals surface area contributed by atoms with Crippen LogP contribution in [0.1, 0.15) is 28.1 Å². The van der Waals surface area contributed by atoms with Crippen molar-refractivity contribution in [3.05, 3.63) is 87.8 Å². The third kappa shape index (κ3) is 5.03. The quantitative estimate of drug-likeness (QED) is 0.473. The lowest BCUT2D eigenvalue weighted by atomic mass is 10.0. The molecule has 1 amide bonds. The van der Waals surface area contributed by atoms with Crippen molar-refractivity contribution in [1.82, 2.24) is 4.90 Å². The van der Waals surface area contributed by atoms with Gasteiger partial charge in [0.25, 0.3) is 5.91 Å². The van der Waals surface area contributed by atoms with Gasteiger partial charge in [-0.15, -0.1) is 0 Å². The second kappa shape index (κ2) is 9.45. The van der Waals surface area contributed by atoms with Crippen LogP contribution in [-0.2, 0) is 11.4 Å². The van der Waals surface area contributed by atoms with E-state index in [9.17, 15) is 4.79 Å². The molecule has 1 unspecified atom stereocenters. The van der Waals surface area contributed by atoms with E-state index in [1.54, 1.807) is 36.3 Å². The molecule has 1 aliphatic rings. The van der Waals surface area contributed by atoms with Gasteiger partial charge >= 0.3 is 0 Å². The van der Waals surface area contributed by atoms with E-state index in [1.165, 1.54) is 6.26 Å². The molecule has 1 aliphatic heterocycles. The number of furan rings is 1. The standard InChI is InChI=1S/C23H20Cl2N2O4/c1-29-17-5-2-4-15(10-17)13-27(23(28)22-6-3-9-30-22)14-18-12-21(26-31-18)16-7-8-19(24)20(25)11-16/h2-11,18H,12-14H2,1H3. The smallest absolute Gasteiger partial charge is 0.289 e. The fraction of sp³-hybridized carbons (Fsp3) is 0.217. The molecule has 0 radical (unpaired) electrons. The highest BCUT2D eigenvalue weighted by Gasteiger charge is 2.28. The number of hydrogen-bond donors (Lipinski definition) is 0. The van der Waals surface area contributed by atoms with Gasteiger partial charge in [0.05, 0.1) is 35.7 Å². The molecule has 0 spiro atoms. The second-order valence-electron chi connectivity index (χ2n) is 7.11. The van der Waals surface area contributed by atoms with Crippen LogP contribution in [0.5, 0.6) is 5.75 Å². The number of hydrogen-bond acceptors (Lipinski definition) is 5. The number of carbonyl (C=O) groups is 1. The first-order valence-corrected chi connectivity index (χ1v) is 10.4. The van der Waals surface area contributed by atoms with Crippen molar-refractivity contribution in [3.63, 3.8) is 0 Å². The van der Waals surface area contributed by atoms with Crippen LogP contribution in [0.3, 0.4) is 0 Å². The summed E-state index contributed by atoms with van der Waals surface area (Å²) in [6.07, 6.45) is 1.72. The normalized spacial score (nSPS) is 15.3. The molecule has 0 fully saturated rings. The summed E-state index contributed by atoms with van der Waals surface area (Å²) in [5, 5.41) is 5.14. The Hall–Kier alpha value is -2.96. The van der Waals surface area contributed by atoms with Crippen molar-refractivity contribution in [2.24, 2.45) is 5.16 Å². The summed E-state index contributed by atoms with van der Waals surface area (Å²) in [6.45, 7) is 0.712. The van der Waals surface area contributed by atoms with Crippen molar-refractivity contribution >= 4 is 34.8 Å². The second-order valence-corrected chi connectivity index (χ2v) is 7.93. The molecule has 2 aromatic carbocycles. The molecule has 0 aliphatic carbocycles. The Morgan fingerprint density at radius 2 is 2.03 bits per heavy atom. The van der Waals surface area contributed by atoms with Crippen LogP contribution in [0.25, 0.3) is 0 Å². The largest absolute Gasteiger partial charge is 0.497 e. The zero-order chi connectivity index (χ0) is 21.8. The van der Waals surface area contributed by atoms with Crippen LogP contribution in [-0.4, -0.2) is 36.3 Å². The predicted octanol–water partition coefficient (Wildman–Crippen LogP) is 5.43. The Morgan fingerprint density at radius 1 is 1.16 bits per heavy atom. The summed E-state index contributed by atoms with van der Waals surface area (Å²) in [7, 11) is 1.61. The van der Waals surface area contributed by atoms with Gasteiger partial charge in [-0.3, -0.25) is 4.79 Å². The van der Waals surface area contributed by atoms with E-state index in [0.29, 0.717) is 29.6 Å². The Morgan fingerprint density at radius 3 is 2.77 bits per heavy atom. The maximum absolute atomic E-state index is 13.1. The summed E-state index contributed by atoms with van der Waals surface area (Å²) in [5.74, 6) is 0.774. The third-order valence-corrected chi connectivity index (χ3v) is 5.68. The molecule has 8 heteroatoms. The highest BCUT2D eigenvalue weighted by Crippen LogP contribution is 2.26. The minimum absolute atomic E-state index is 0.223. The van der Waals surface area contributed by atoms with Crippen LogP contribution >= 0.6 is 23.2 Å².